The summed E-state index contributed by atoms with van der Waals surface area (Å²) < 4.78 is 0. The molecule has 0 saturated heterocycles. The molecule has 0 atom stereocenters. The van der Waals surface area contributed by atoms with E-state index >= 15 is 0 Å². The molecule has 0 saturated carbocycles. The minimum atomic E-state index is 0. The zero-order chi connectivity index (χ0) is 8.97. The molecule has 0 fully saturated rings. The fraction of sp³-hybridized carbons (Fsp3) is 0.500. The number of nitrogens with zero attached hydrogens (tertiary/aromatic N) is 1. The van der Waals surface area contributed by atoms with Crippen LogP contribution >= 0.6 is 0 Å². The second-order valence-electron chi connectivity index (χ2n) is 3.40. The van der Waals surface area contributed by atoms with Gasteiger partial charge < -0.3 is 5.32 Å². The molecule has 0 aromatic carbocycles. The van der Waals surface area contributed by atoms with E-state index in [4.69, 9.17) is 0 Å². The maximum Gasteiger partial charge on any atom is 0.125 e. The molecule has 1 N–H and O–H groups in total. The second kappa shape index (κ2) is 4.10. The fourth-order valence-electron chi connectivity index (χ4n) is 1.21. The Labute approximate surface area is 75.5 Å². The van der Waals surface area contributed by atoms with Gasteiger partial charge in [-0.1, -0.05) is 13.8 Å². The van der Waals surface area contributed by atoms with Gasteiger partial charge in [0.25, 0.3) is 0 Å². The van der Waals surface area contributed by atoms with Gasteiger partial charge in [-0.25, -0.2) is 4.98 Å². The smallest absolute Gasteiger partial charge is 0.125 e. The van der Waals surface area contributed by atoms with Gasteiger partial charge in [0.05, 0.1) is 0 Å². The topological polar surface area (TPSA) is 24.9 Å². The summed E-state index contributed by atoms with van der Waals surface area (Å²) in [7, 11) is 1.89. The van der Waals surface area contributed by atoms with Crippen LogP contribution in [0.5, 0.6) is 0 Å². The molecule has 0 unspecified atom stereocenters. The lowest BCUT2D eigenvalue weighted by atomic mass is 10.0. The lowest BCUT2D eigenvalue weighted by Crippen LogP contribution is -1.97. The molecule has 0 aliphatic rings. The molecule has 1 heterocycles. The van der Waals surface area contributed by atoms with E-state index in [0.717, 1.165) is 12.2 Å². The van der Waals surface area contributed by atoms with Gasteiger partial charge in [0.15, 0.2) is 0 Å². The van der Waals surface area contributed by atoms with E-state index in [9.17, 15) is 0 Å². The SMILES string of the molecule is CNc1cc(CC(C)C)ccn1.[HH]. The molecule has 68 valence electrons. The van der Waals surface area contributed by atoms with E-state index in [1.807, 2.05) is 13.2 Å². The van der Waals surface area contributed by atoms with Crippen molar-refractivity contribution in [2.45, 2.75) is 20.3 Å². The first-order valence-electron chi connectivity index (χ1n) is 4.35. The van der Waals surface area contributed by atoms with Crippen molar-refractivity contribution < 1.29 is 1.43 Å². The molecule has 1 aromatic heterocycles. The predicted octanol–water partition coefficient (Wildman–Crippen LogP) is 2.57. The number of aromatic nitrogens is 1. The van der Waals surface area contributed by atoms with Crippen LogP contribution in [0.3, 0.4) is 0 Å². The summed E-state index contributed by atoms with van der Waals surface area (Å²) in [6.45, 7) is 4.44. The van der Waals surface area contributed by atoms with Crippen molar-refractivity contribution in [2.75, 3.05) is 12.4 Å². The summed E-state index contributed by atoms with van der Waals surface area (Å²) >= 11 is 0. The molecule has 12 heavy (non-hydrogen) atoms. The van der Waals surface area contributed by atoms with Crippen LogP contribution in [-0.4, -0.2) is 12.0 Å². The number of anilines is 1. The highest BCUT2D eigenvalue weighted by Gasteiger charge is 1.98. The van der Waals surface area contributed by atoms with Crippen molar-refractivity contribution in [1.29, 1.82) is 0 Å². The Morgan fingerprint density at radius 1 is 1.58 bits per heavy atom. The van der Waals surface area contributed by atoms with Crippen molar-refractivity contribution in [2.24, 2.45) is 5.92 Å². The normalized spacial score (nSPS) is 10.3. The minimum absolute atomic E-state index is 0. The first-order valence-corrected chi connectivity index (χ1v) is 4.35. The number of hydrogen-bond donors (Lipinski definition) is 1. The van der Waals surface area contributed by atoms with Gasteiger partial charge in [-0.15, -0.1) is 0 Å². The highest BCUT2D eigenvalue weighted by atomic mass is 14.9. The third-order valence-electron chi connectivity index (χ3n) is 1.72. The van der Waals surface area contributed by atoms with E-state index in [1.54, 1.807) is 0 Å². The van der Waals surface area contributed by atoms with E-state index in [0.29, 0.717) is 5.92 Å². The number of hydrogen-bond acceptors (Lipinski definition) is 2. The number of rotatable bonds is 3. The largest absolute Gasteiger partial charge is 0.373 e. The first-order chi connectivity index (χ1) is 5.72. The van der Waals surface area contributed by atoms with Crippen LogP contribution in [0, 0.1) is 5.92 Å². The van der Waals surface area contributed by atoms with Crippen LogP contribution < -0.4 is 5.32 Å². The minimum Gasteiger partial charge on any atom is -0.373 e. The van der Waals surface area contributed by atoms with Crippen LogP contribution in [0.15, 0.2) is 18.3 Å². The standard InChI is InChI=1S/C10H16N2.H2/c1-8(2)6-9-4-5-12-10(7-9)11-3;/h4-5,7-8H,6H2,1-3H3,(H,11,12);1H. The zero-order valence-electron chi connectivity index (χ0n) is 7.96. The molecule has 0 aliphatic carbocycles. The molecule has 0 spiro atoms. The Morgan fingerprint density at radius 2 is 2.33 bits per heavy atom. The Kier molecular flexibility index (Phi) is 3.09. The quantitative estimate of drug-likeness (QED) is 0.746. The summed E-state index contributed by atoms with van der Waals surface area (Å²) in [6, 6.07) is 4.17. The van der Waals surface area contributed by atoms with Gasteiger partial charge in [-0.2, -0.15) is 0 Å². The highest BCUT2D eigenvalue weighted by molar-refractivity contribution is 5.36. The average Bonchev–Trinajstić information content (AvgIpc) is 2.03. The van der Waals surface area contributed by atoms with Gasteiger partial charge in [-0.05, 0) is 30.0 Å². The molecule has 0 amide bonds. The Hall–Kier alpha value is -1.05. The molecular formula is C10H18N2. The lowest BCUT2D eigenvalue weighted by molar-refractivity contribution is 0.647. The van der Waals surface area contributed by atoms with Gasteiger partial charge in [0.2, 0.25) is 0 Å². The van der Waals surface area contributed by atoms with Gasteiger partial charge in [0, 0.05) is 14.7 Å². The van der Waals surface area contributed by atoms with Crippen LogP contribution in [0.2, 0.25) is 0 Å². The summed E-state index contributed by atoms with van der Waals surface area (Å²) in [6.07, 6.45) is 2.97. The molecular weight excluding hydrogens is 148 g/mol. The van der Waals surface area contributed by atoms with Crippen LogP contribution in [0.4, 0.5) is 5.82 Å². The molecule has 2 heteroatoms. The van der Waals surface area contributed by atoms with E-state index in [1.165, 1.54) is 5.56 Å². The van der Waals surface area contributed by atoms with Crippen molar-refractivity contribution in [3.8, 4) is 0 Å². The molecule has 1 rings (SSSR count). The van der Waals surface area contributed by atoms with Crippen molar-refractivity contribution in [3.05, 3.63) is 23.9 Å². The van der Waals surface area contributed by atoms with Crippen LogP contribution in [0.1, 0.15) is 20.8 Å². The van der Waals surface area contributed by atoms with Crippen LogP contribution in [-0.2, 0) is 6.42 Å². The maximum atomic E-state index is 4.15. The highest BCUT2D eigenvalue weighted by Crippen LogP contribution is 2.10. The predicted molar refractivity (Wildman–Crippen MR) is 54.4 cm³/mol. The summed E-state index contributed by atoms with van der Waals surface area (Å²) in [5.41, 5.74) is 1.35. The summed E-state index contributed by atoms with van der Waals surface area (Å²) in [5, 5.41) is 3.03. The van der Waals surface area contributed by atoms with E-state index in [2.05, 4.69) is 36.3 Å². The molecule has 1 aromatic rings. The average molecular weight is 166 g/mol. The number of nitrogens with one attached hydrogen (secondary N) is 1. The zero-order valence-corrected chi connectivity index (χ0v) is 7.96. The van der Waals surface area contributed by atoms with E-state index < -0.39 is 0 Å². The maximum absolute atomic E-state index is 4.15. The van der Waals surface area contributed by atoms with E-state index in [-0.39, 0.29) is 1.43 Å². The van der Waals surface area contributed by atoms with Gasteiger partial charge in [-0.3, -0.25) is 0 Å². The van der Waals surface area contributed by atoms with Crippen LogP contribution in [0.25, 0.3) is 0 Å². The molecule has 2 nitrogen and oxygen atoms in total. The Bertz CT molecular complexity index is 248. The molecule has 0 aliphatic heterocycles. The Balaban J connectivity index is 0.00000144. The third kappa shape index (κ3) is 2.53. The fourth-order valence-corrected chi connectivity index (χ4v) is 1.21. The van der Waals surface area contributed by atoms with Crippen molar-refractivity contribution in [1.82, 2.24) is 4.98 Å². The third-order valence-corrected chi connectivity index (χ3v) is 1.72. The second-order valence-corrected chi connectivity index (χ2v) is 3.40. The van der Waals surface area contributed by atoms with Crippen molar-refractivity contribution in [3.63, 3.8) is 0 Å². The molecule has 0 radical (unpaired) electrons. The van der Waals surface area contributed by atoms with Gasteiger partial charge in [0.1, 0.15) is 5.82 Å². The lowest BCUT2D eigenvalue weighted by Gasteiger charge is -2.05. The van der Waals surface area contributed by atoms with Gasteiger partial charge >= 0.3 is 0 Å². The monoisotopic (exact) mass is 166 g/mol. The Morgan fingerprint density at radius 3 is 2.92 bits per heavy atom. The first kappa shape index (κ1) is 9.04. The summed E-state index contributed by atoms with van der Waals surface area (Å²) in [5.74, 6) is 1.66. The summed E-state index contributed by atoms with van der Waals surface area (Å²) in [4.78, 5) is 4.15. The molecule has 0 bridgehead atoms. The number of pyridine rings is 1. The van der Waals surface area contributed by atoms with Crippen molar-refractivity contribution >= 4 is 5.82 Å².